The third-order valence-electron chi connectivity index (χ3n) is 1.21. The number of rotatable bonds is 6. The highest BCUT2D eigenvalue weighted by atomic mass is 16.5. The first-order valence-electron chi connectivity index (χ1n) is 3.91. The van der Waals surface area contributed by atoms with Crippen LogP contribution in [0.4, 0.5) is 0 Å². The molecule has 0 aliphatic carbocycles. The van der Waals surface area contributed by atoms with Crippen LogP contribution in [0.5, 0.6) is 0 Å². The molecule has 0 rings (SSSR count). The molecule has 0 heterocycles. The lowest BCUT2D eigenvalue weighted by molar-refractivity contribution is 0.184. The normalized spacial score (nSPS) is 11.8. The molecule has 0 aliphatic heterocycles. The van der Waals surface area contributed by atoms with Gasteiger partial charge in [0.1, 0.15) is 12.4 Å². The second kappa shape index (κ2) is 8.45. The fraction of sp³-hybridized carbons (Fsp3) is 0.857. The molecule has 0 saturated heterocycles. The van der Waals surface area contributed by atoms with Gasteiger partial charge in [0.2, 0.25) is 0 Å². The molecule has 0 spiro atoms. The summed E-state index contributed by atoms with van der Waals surface area (Å²) in [5.41, 5.74) is 2.47. The number of hydrogen-bond donors (Lipinski definition) is 2. The average Bonchev–Trinajstić information content (AvgIpc) is 2.11. The Kier molecular flexibility index (Phi) is 7.99. The standard InChI is InChI=1S/C7H17N3O2/c1-3-12-6-7(10-8)9-4-5-11-2/h3-6,8H2,1-2H3,(H,9,10). The van der Waals surface area contributed by atoms with Crippen molar-refractivity contribution in [1.29, 1.82) is 0 Å². The first-order valence-corrected chi connectivity index (χ1v) is 3.91. The molecule has 72 valence electrons. The number of nitrogens with one attached hydrogen (secondary N) is 1. The molecule has 0 amide bonds. The van der Waals surface area contributed by atoms with Gasteiger partial charge in [0.05, 0.1) is 13.2 Å². The highest BCUT2D eigenvalue weighted by Gasteiger charge is 1.94. The molecule has 0 bridgehead atoms. The van der Waals surface area contributed by atoms with Crippen LogP contribution in [0.25, 0.3) is 0 Å². The van der Waals surface area contributed by atoms with E-state index in [4.69, 9.17) is 15.3 Å². The van der Waals surface area contributed by atoms with E-state index in [2.05, 4.69) is 10.4 Å². The Bertz CT molecular complexity index is 128. The number of amidine groups is 1. The zero-order valence-corrected chi connectivity index (χ0v) is 7.67. The minimum atomic E-state index is 0.427. The van der Waals surface area contributed by atoms with Crippen molar-refractivity contribution in [1.82, 2.24) is 5.43 Å². The van der Waals surface area contributed by atoms with Crippen molar-refractivity contribution in [3.8, 4) is 0 Å². The quantitative estimate of drug-likeness (QED) is 0.188. The van der Waals surface area contributed by atoms with Crippen molar-refractivity contribution in [2.75, 3.05) is 33.5 Å². The Morgan fingerprint density at radius 1 is 1.58 bits per heavy atom. The van der Waals surface area contributed by atoms with Gasteiger partial charge < -0.3 is 14.9 Å². The lowest BCUT2D eigenvalue weighted by Crippen LogP contribution is -2.34. The fourth-order valence-electron chi connectivity index (χ4n) is 0.604. The van der Waals surface area contributed by atoms with Crippen LogP contribution >= 0.6 is 0 Å². The summed E-state index contributed by atoms with van der Waals surface area (Å²) in [6.45, 7) is 4.20. The second-order valence-corrected chi connectivity index (χ2v) is 2.10. The molecule has 0 saturated carbocycles. The van der Waals surface area contributed by atoms with Crippen molar-refractivity contribution in [3.05, 3.63) is 0 Å². The van der Waals surface area contributed by atoms with E-state index in [-0.39, 0.29) is 0 Å². The highest BCUT2D eigenvalue weighted by Crippen LogP contribution is 1.79. The van der Waals surface area contributed by atoms with Gasteiger partial charge in [-0.25, -0.2) is 5.84 Å². The molecule has 0 fully saturated rings. The number of nitrogens with zero attached hydrogens (tertiary/aromatic N) is 1. The number of nitrogens with two attached hydrogens (primary N) is 1. The second-order valence-electron chi connectivity index (χ2n) is 2.10. The summed E-state index contributed by atoms with van der Waals surface area (Å²) in [7, 11) is 1.63. The van der Waals surface area contributed by atoms with Gasteiger partial charge in [-0.1, -0.05) is 0 Å². The molecule has 5 nitrogen and oxygen atoms in total. The Balaban J connectivity index is 3.55. The van der Waals surface area contributed by atoms with Gasteiger partial charge in [-0.15, -0.1) is 0 Å². The van der Waals surface area contributed by atoms with Gasteiger partial charge >= 0.3 is 0 Å². The molecule has 0 unspecified atom stereocenters. The van der Waals surface area contributed by atoms with Crippen LogP contribution in [-0.2, 0) is 9.47 Å². The fourth-order valence-corrected chi connectivity index (χ4v) is 0.604. The maximum atomic E-state index is 5.19. The summed E-state index contributed by atoms with van der Waals surface area (Å²) in [6, 6.07) is 0. The summed E-state index contributed by atoms with van der Waals surface area (Å²) >= 11 is 0. The van der Waals surface area contributed by atoms with Gasteiger partial charge in [0.15, 0.2) is 0 Å². The topological polar surface area (TPSA) is 68.9 Å². The van der Waals surface area contributed by atoms with Crippen LogP contribution in [-0.4, -0.2) is 39.3 Å². The van der Waals surface area contributed by atoms with Gasteiger partial charge in [0.25, 0.3) is 0 Å². The van der Waals surface area contributed by atoms with Gasteiger partial charge in [-0.3, -0.25) is 4.99 Å². The van der Waals surface area contributed by atoms with E-state index in [0.717, 1.165) is 0 Å². The smallest absolute Gasteiger partial charge is 0.137 e. The third kappa shape index (κ3) is 6.09. The van der Waals surface area contributed by atoms with E-state index in [1.165, 1.54) is 0 Å². The molecular weight excluding hydrogens is 158 g/mol. The van der Waals surface area contributed by atoms with E-state index in [1.54, 1.807) is 7.11 Å². The molecular formula is C7H17N3O2. The molecule has 0 aromatic rings. The SMILES string of the molecule is CCOCC(=NCCOC)NN. The lowest BCUT2D eigenvalue weighted by atomic mass is 10.6. The number of hydrazine groups is 1. The van der Waals surface area contributed by atoms with Crippen molar-refractivity contribution in [2.24, 2.45) is 10.8 Å². The Labute approximate surface area is 72.9 Å². The van der Waals surface area contributed by atoms with Crippen LogP contribution in [0.3, 0.4) is 0 Å². The molecule has 0 atom stereocenters. The Morgan fingerprint density at radius 3 is 2.83 bits per heavy atom. The van der Waals surface area contributed by atoms with Gasteiger partial charge in [0, 0.05) is 13.7 Å². The van der Waals surface area contributed by atoms with Gasteiger partial charge in [-0.05, 0) is 6.92 Å². The van der Waals surface area contributed by atoms with E-state index in [9.17, 15) is 0 Å². The molecule has 12 heavy (non-hydrogen) atoms. The molecule has 0 aromatic heterocycles. The van der Waals surface area contributed by atoms with Crippen LogP contribution in [0.1, 0.15) is 6.92 Å². The molecule has 0 radical (unpaired) electrons. The number of hydrogen-bond acceptors (Lipinski definition) is 4. The third-order valence-corrected chi connectivity index (χ3v) is 1.21. The summed E-state index contributed by atoms with van der Waals surface area (Å²) < 4.78 is 9.93. The van der Waals surface area contributed by atoms with E-state index >= 15 is 0 Å². The minimum absolute atomic E-state index is 0.427. The maximum Gasteiger partial charge on any atom is 0.137 e. The summed E-state index contributed by atoms with van der Waals surface area (Å²) in [4.78, 5) is 4.10. The predicted molar refractivity (Wildman–Crippen MR) is 48.0 cm³/mol. The highest BCUT2D eigenvalue weighted by molar-refractivity contribution is 5.82. The van der Waals surface area contributed by atoms with Crippen molar-refractivity contribution in [2.45, 2.75) is 6.92 Å². The zero-order chi connectivity index (χ0) is 9.23. The van der Waals surface area contributed by atoms with Crippen molar-refractivity contribution in [3.63, 3.8) is 0 Å². The minimum Gasteiger partial charge on any atom is -0.383 e. The summed E-state index contributed by atoms with van der Waals surface area (Å²) in [5.74, 6) is 5.84. The van der Waals surface area contributed by atoms with Crippen LogP contribution in [0, 0.1) is 0 Å². The van der Waals surface area contributed by atoms with Crippen LogP contribution in [0.2, 0.25) is 0 Å². The lowest BCUT2D eigenvalue weighted by Gasteiger charge is -2.04. The number of ether oxygens (including phenoxy) is 2. The molecule has 3 N–H and O–H groups in total. The zero-order valence-electron chi connectivity index (χ0n) is 7.67. The maximum absolute atomic E-state index is 5.19. The average molecular weight is 175 g/mol. The first kappa shape index (κ1) is 11.4. The number of aliphatic imine (C=N–C) groups is 1. The number of methoxy groups -OCH3 is 1. The van der Waals surface area contributed by atoms with E-state index < -0.39 is 0 Å². The Morgan fingerprint density at radius 2 is 2.33 bits per heavy atom. The molecule has 5 heteroatoms. The van der Waals surface area contributed by atoms with E-state index in [1.807, 2.05) is 6.92 Å². The monoisotopic (exact) mass is 175 g/mol. The molecule has 0 aliphatic rings. The van der Waals surface area contributed by atoms with Crippen molar-refractivity contribution >= 4 is 5.84 Å². The van der Waals surface area contributed by atoms with Crippen LogP contribution in [0.15, 0.2) is 4.99 Å². The summed E-state index contributed by atoms with van der Waals surface area (Å²) in [5, 5.41) is 0. The first-order chi connectivity index (χ1) is 5.85. The van der Waals surface area contributed by atoms with Crippen molar-refractivity contribution < 1.29 is 9.47 Å². The van der Waals surface area contributed by atoms with Crippen LogP contribution < -0.4 is 11.3 Å². The molecule has 0 aromatic carbocycles. The summed E-state index contributed by atoms with van der Waals surface area (Å²) in [6.07, 6.45) is 0. The van der Waals surface area contributed by atoms with Gasteiger partial charge in [-0.2, -0.15) is 0 Å². The Hall–Kier alpha value is -0.650. The predicted octanol–water partition coefficient (Wildman–Crippen LogP) is -0.469. The largest absolute Gasteiger partial charge is 0.383 e. The van der Waals surface area contributed by atoms with E-state index in [0.29, 0.717) is 32.2 Å².